The Labute approximate surface area is 225 Å². The van der Waals surface area contributed by atoms with Gasteiger partial charge < -0.3 is 16.0 Å². The van der Waals surface area contributed by atoms with E-state index in [9.17, 15) is 9.59 Å². The molecule has 9 nitrogen and oxygen atoms in total. The Kier molecular flexibility index (Phi) is 7.59. The summed E-state index contributed by atoms with van der Waals surface area (Å²) in [6, 6.07) is 21.7. The second-order valence-corrected chi connectivity index (χ2v) is 8.74. The fourth-order valence-corrected chi connectivity index (χ4v) is 3.81. The van der Waals surface area contributed by atoms with Gasteiger partial charge in [-0.3, -0.25) is 19.6 Å². The average Bonchev–Trinajstić information content (AvgIpc) is 2.99. The molecule has 9 heteroatoms. The van der Waals surface area contributed by atoms with Gasteiger partial charge in [-0.25, -0.2) is 9.97 Å². The second-order valence-electron chi connectivity index (χ2n) is 8.74. The molecule has 0 aliphatic heterocycles. The smallest absolute Gasteiger partial charge is 0.255 e. The molecular formula is C30H25N7O2. The zero-order chi connectivity index (χ0) is 27.0. The summed E-state index contributed by atoms with van der Waals surface area (Å²) in [5.74, 6) is -0.0115. The van der Waals surface area contributed by atoms with Gasteiger partial charge >= 0.3 is 0 Å². The molecule has 3 aromatic heterocycles. The summed E-state index contributed by atoms with van der Waals surface area (Å²) < 4.78 is 0. The average molecular weight is 516 g/mol. The van der Waals surface area contributed by atoms with Gasteiger partial charge in [-0.05, 0) is 72.6 Å². The van der Waals surface area contributed by atoms with E-state index in [2.05, 4.69) is 35.9 Å². The number of benzene rings is 2. The molecule has 192 valence electrons. The van der Waals surface area contributed by atoms with Crippen molar-refractivity contribution in [3.63, 3.8) is 0 Å². The summed E-state index contributed by atoms with van der Waals surface area (Å²) >= 11 is 0. The topological polar surface area (TPSA) is 122 Å². The third-order valence-electron chi connectivity index (χ3n) is 5.95. The van der Waals surface area contributed by atoms with E-state index in [4.69, 9.17) is 0 Å². The number of amides is 2. The highest BCUT2D eigenvalue weighted by Crippen LogP contribution is 2.24. The molecule has 3 heterocycles. The van der Waals surface area contributed by atoms with Gasteiger partial charge in [0.25, 0.3) is 11.8 Å². The number of hydrogen-bond acceptors (Lipinski definition) is 7. The number of carbonyl (C=O) groups is 2. The van der Waals surface area contributed by atoms with Crippen LogP contribution in [0.25, 0.3) is 11.3 Å². The van der Waals surface area contributed by atoms with Crippen molar-refractivity contribution in [1.29, 1.82) is 0 Å². The first kappa shape index (κ1) is 25.2. The van der Waals surface area contributed by atoms with Gasteiger partial charge in [0, 0.05) is 60.0 Å². The van der Waals surface area contributed by atoms with E-state index < -0.39 is 0 Å². The monoisotopic (exact) mass is 515 g/mol. The van der Waals surface area contributed by atoms with E-state index >= 15 is 0 Å². The van der Waals surface area contributed by atoms with Crippen molar-refractivity contribution in [3.8, 4) is 11.3 Å². The second kappa shape index (κ2) is 11.7. The van der Waals surface area contributed by atoms with Crippen LogP contribution in [0.5, 0.6) is 0 Å². The maximum absolute atomic E-state index is 12.9. The van der Waals surface area contributed by atoms with Crippen LogP contribution >= 0.6 is 0 Å². The normalized spacial score (nSPS) is 10.5. The van der Waals surface area contributed by atoms with Crippen LogP contribution in [-0.2, 0) is 6.54 Å². The highest BCUT2D eigenvalue weighted by molar-refractivity contribution is 6.04. The number of aromatic nitrogens is 4. The minimum absolute atomic E-state index is 0.206. The molecule has 0 aliphatic carbocycles. The van der Waals surface area contributed by atoms with Crippen LogP contribution in [-0.4, -0.2) is 31.8 Å². The highest BCUT2D eigenvalue weighted by atomic mass is 16.2. The Hall–Kier alpha value is -5.44. The minimum Gasteiger partial charge on any atom is -0.348 e. The van der Waals surface area contributed by atoms with E-state index in [0.29, 0.717) is 29.3 Å². The number of aryl methyl sites for hydroxylation is 1. The van der Waals surface area contributed by atoms with Gasteiger partial charge in [0.2, 0.25) is 5.95 Å². The standard InChI is InChI=1S/C30H25N7O2/c1-20-6-11-25(16-27(20)37-30-33-15-12-26(36-30)23-4-2-13-31-18-23)35-29(39)22-9-7-21(8-10-22)17-34-28(38)24-5-3-14-32-19-24/h2-16,18-19H,17H2,1H3,(H,34,38)(H,35,39)(H,33,36,37). The van der Waals surface area contributed by atoms with Crippen molar-refractivity contribution in [1.82, 2.24) is 25.3 Å². The molecule has 3 N–H and O–H groups in total. The summed E-state index contributed by atoms with van der Waals surface area (Å²) in [4.78, 5) is 42.1. The number of carbonyl (C=O) groups excluding carboxylic acids is 2. The summed E-state index contributed by atoms with van der Waals surface area (Å²) in [5.41, 5.74) is 5.89. The van der Waals surface area contributed by atoms with Crippen LogP contribution in [0.15, 0.2) is 104 Å². The van der Waals surface area contributed by atoms with Crippen molar-refractivity contribution < 1.29 is 9.59 Å². The van der Waals surface area contributed by atoms with Gasteiger partial charge in [0.05, 0.1) is 11.3 Å². The molecule has 0 fully saturated rings. The first-order valence-electron chi connectivity index (χ1n) is 12.2. The van der Waals surface area contributed by atoms with Crippen LogP contribution in [0.4, 0.5) is 17.3 Å². The zero-order valence-corrected chi connectivity index (χ0v) is 21.1. The van der Waals surface area contributed by atoms with Crippen LogP contribution < -0.4 is 16.0 Å². The predicted octanol–water partition coefficient (Wildman–Crippen LogP) is 5.17. The van der Waals surface area contributed by atoms with Crippen LogP contribution in [0.3, 0.4) is 0 Å². The fraction of sp³-hybridized carbons (Fsp3) is 0.0667. The molecule has 0 radical (unpaired) electrons. The first-order chi connectivity index (χ1) is 19.0. The molecule has 0 bridgehead atoms. The quantitative estimate of drug-likeness (QED) is 0.261. The lowest BCUT2D eigenvalue weighted by Crippen LogP contribution is -2.22. The van der Waals surface area contributed by atoms with Crippen LogP contribution in [0.1, 0.15) is 31.8 Å². The fourth-order valence-electron chi connectivity index (χ4n) is 3.81. The number of hydrogen-bond donors (Lipinski definition) is 3. The van der Waals surface area contributed by atoms with Crippen molar-refractivity contribution in [2.24, 2.45) is 0 Å². The maximum Gasteiger partial charge on any atom is 0.255 e. The molecule has 5 rings (SSSR count). The van der Waals surface area contributed by atoms with Crippen molar-refractivity contribution in [2.75, 3.05) is 10.6 Å². The SMILES string of the molecule is Cc1ccc(NC(=O)c2ccc(CNC(=O)c3cccnc3)cc2)cc1Nc1nccc(-c2cccnc2)n1. The lowest BCUT2D eigenvalue weighted by atomic mass is 10.1. The third-order valence-corrected chi connectivity index (χ3v) is 5.95. The lowest BCUT2D eigenvalue weighted by molar-refractivity contribution is 0.0949. The van der Waals surface area contributed by atoms with Gasteiger partial charge in [-0.2, -0.15) is 0 Å². The Balaban J connectivity index is 1.22. The minimum atomic E-state index is -0.245. The Bertz CT molecular complexity index is 1590. The summed E-state index contributed by atoms with van der Waals surface area (Å²) in [7, 11) is 0. The lowest BCUT2D eigenvalue weighted by Gasteiger charge is -2.12. The van der Waals surface area contributed by atoms with Crippen LogP contribution in [0, 0.1) is 6.92 Å². The highest BCUT2D eigenvalue weighted by Gasteiger charge is 2.10. The van der Waals surface area contributed by atoms with E-state index in [1.165, 1.54) is 6.20 Å². The largest absolute Gasteiger partial charge is 0.348 e. The molecule has 39 heavy (non-hydrogen) atoms. The van der Waals surface area contributed by atoms with E-state index in [-0.39, 0.29) is 11.8 Å². The molecular weight excluding hydrogens is 490 g/mol. The molecule has 0 saturated carbocycles. The zero-order valence-electron chi connectivity index (χ0n) is 21.1. The van der Waals surface area contributed by atoms with Crippen molar-refractivity contribution in [2.45, 2.75) is 13.5 Å². The van der Waals surface area contributed by atoms with Gasteiger partial charge in [-0.1, -0.05) is 18.2 Å². The number of rotatable bonds is 8. The summed E-state index contributed by atoms with van der Waals surface area (Å²) in [6.45, 7) is 2.30. The maximum atomic E-state index is 12.9. The molecule has 0 saturated heterocycles. The van der Waals surface area contributed by atoms with Crippen LogP contribution in [0.2, 0.25) is 0 Å². The molecule has 5 aromatic rings. The van der Waals surface area contributed by atoms with Gasteiger partial charge in [-0.15, -0.1) is 0 Å². The summed E-state index contributed by atoms with van der Waals surface area (Å²) in [5, 5.41) is 9.03. The molecule has 0 spiro atoms. The number of pyridine rings is 2. The van der Waals surface area contributed by atoms with Gasteiger partial charge in [0.1, 0.15) is 0 Å². The number of nitrogens with one attached hydrogen (secondary N) is 3. The first-order valence-corrected chi connectivity index (χ1v) is 12.2. The molecule has 0 aliphatic rings. The molecule has 0 unspecified atom stereocenters. The van der Waals surface area contributed by atoms with E-state index in [0.717, 1.165) is 28.1 Å². The molecule has 0 atom stereocenters. The van der Waals surface area contributed by atoms with E-state index in [1.54, 1.807) is 49.1 Å². The number of anilines is 3. The molecule has 2 aromatic carbocycles. The van der Waals surface area contributed by atoms with Crippen molar-refractivity contribution >= 4 is 29.1 Å². The Morgan fingerprint density at radius 2 is 1.59 bits per heavy atom. The number of nitrogens with zero attached hydrogens (tertiary/aromatic N) is 4. The Morgan fingerprint density at radius 1 is 0.795 bits per heavy atom. The summed E-state index contributed by atoms with van der Waals surface area (Å²) in [6.07, 6.45) is 8.28. The Morgan fingerprint density at radius 3 is 2.33 bits per heavy atom. The van der Waals surface area contributed by atoms with Gasteiger partial charge in [0.15, 0.2) is 0 Å². The van der Waals surface area contributed by atoms with E-state index in [1.807, 2.05) is 55.5 Å². The predicted molar refractivity (Wildman–Crippen MR) is 150 cm³/mol. The molecule has 2 amide bonds. The van der Waals surface area contributed by atoms with Crippen molar-refractivity contribution in [3.05, 3.63) is 126 Å². The third kappa shape index (κ3) is 6.47.